The van der Waals surface area contributed by atoms with Crippen molar-refractivity contribution in [3.05, 3.63) is 35.1 Å². The fraction of sp³-hybridized carbons (Fsp3) is 0.400. The van der Waals surface area contributed by atoms with Gasteiger partial charge in [0.2, 0.25) is 0 Å². The molecule has 1 unspecified atom stereocenters. The van der Waals surface area contributed by atoms with E-state index in [9.17, 15) is 4.39 Å². The van der Waals surface area contributed by atoms with Crippen molar-refractivity contribution in [2.24, 2.45) is 5.73 Å². The van der Waals surface area contributed by atoms with E-state index in [0.29, 0.717) is 12.0 Å². The Morgan fingerprint density at radius 3 is 2.77 bits per heavy atom. The molecule has 1 aromatic carbocycles. The molecule has 0 amide bonds. The molecule has 0 fully saturated rings. The standard InChI is InChI=1S/C10H14FNO/c1-7-2-3-8(5-10(7)11)4-9(12)6-13/h2-3,5,9,13H,4,6,12H2,1H3. The molecule has 1 atom stereocenters. The first-order valence-corrected chi connectivity index (χ1v) is 4.25. The highest BCUT2D eigenvalue weighted by Gasteiger charge is 2.04. The number of halogens is 1. The van der Waals surface area contributed by atoms with Gasteiger partial charge in [0.05, 0.1) is 6.61 Å². The number of aliphatic hydroxyl groups is 1. The summed E-state index contributed by atoms with van der Waals surface area (Å²) in [4.78, 5) is 0. The molecule has 0 aromatic heterocycles. The highest BCUT2D eigenvalue weighted by Crippen LogP contribution is 2.10. The third-order valence-electron chi connectivity index (χ3n) is 1.97. The smallest absolute Gasteiger partial charge is 0.126 e. The van der Waals surface area contributed by atoms with Crippen molar-refractivity contribution in [1.82, 2.24) is 0 Å². The maximum absolute atomic E-state index is 13.0. The number of benzene rings is 1. The summed E-state index contributed by atoms with van der Waals surface area (Å²) < 4.78 is 13.0. The third kappa shape index (κ3) is 2.79. The normalized spacial score (nSPS) is 12.9. The van der Waals surface area contributed by atoms with Crippen LogP contribution in [0.5, 0.6) is 0 Å². The molecule has 3 heteroatoms. The van der Waals surface area contributed by atoms with Crippen molar-refractivity contribution in [3.63, 3.8) is 0 Å². The Kier molecular flexibility index (Phi) is 3.39. The Morgan fingerprint density at radius 2 is 2.23 bits per heavy atom. The van der Waals surface area contributed by atoms with Gasteiger partial charge in [-0.15, -0.1) is 0 Å². The first kappa shape index (κ1) is 10.2. The average molecular weight is 183 g/mol. The Morgan fingerprint density at radius 1 is 1.54 bits per heavy atom. The molecule has 1 rings (SSSR count). The van der Waals surface area contributed by atoms with Gasteiger partial charge in [0, 0.05) is 6.04 Å². The fourth-order valence-corrected chi connectivity index (χ4v) is 1.13. The summed E-state index contributed by atoms with van der Waals surface area (Å²) in [5.74, 6) is -0.220. The molecule has 0 saturated carbocycles. The second kappa shape index (κ2) is 4.35. The van der Waals surface area contributed by atoms with E-state index in [-0.39, 0.29) is 18.5 Å². The van der Waals surface area contributed by atoms with Crippen molar-refractivity contribution >= 4 is 0 Å². The first-order chi connectivity index (χ1) is 6.13. The minimum absolute atomic E-state index is 0.0739. The molecule has 0 aliphatic carbocycles. The van der Waals surface area contributed by atoms with Crippen molar-refractivity contribution in [3.8, 4) is 0 Å². The lowest BCUT2D eigenvalue weighted by atomic mass is 10.1. The second-order valence-corrected chi connectivity index (χ2v) is 3.23. The van der Waals surface area contributed by atoms with Crippen molar-refractivity contribution in [1.29, 1.82) is 0 Å². The molecule has 13 heavy (non-hydrogen) atoms. The predicted octanol–water partition coefficient (Wildman–Crippen LogP) is 0.996. The molecule has 0 saturated heterocycles. The van der Waals surface area contributed by atoms with Gasteiger partial charge in [-0.1, -0.05) is 12.1 Å². The van der Waals surface area contributed by atoms with Crippen LogP contribution in [0.4, 0.5) is 4.39 Å². The Bertz CT molecular complexity index is 288. The van der Waals surface area contributed by atoms with Crippen LogP contribution < -0.4 is 5.73 Å². The van der Waals surface area contributed by atoms with Crippen molar-refractivity contribution in [2.75, 3.05) is 6.61 Å². The van der Waals surface area contributed by atoms with Gasteiger partial charge < -0.3 is 10.8 Å². The topological polar surface area (TPSA) is 46.2 Å². The van der Waals surface area contributed by atoms with Gasteiger partial charge in [-0.2, -0.15) is 0 Å². The molecule has 0 radical (unpaired) electrons. The van der Waals surface area contributed by atoms with Gasteiger partial charge >= 0.3 is 0 Å². The number of hydrogen-bond acceptors (Lipinski definition) is 2. The zero-order chi connectivity index (χ0) is 9.84. The van der Waals surface area contributed by atoms with E-state index in [4.69, 9.17) is 10.8 Å². The molecule has 0 bridgehead atoms. The van der Waals surface area contributed by atoms with Crippen molar-refractivity contribution < 1.29 is 9.50 Å². The average Bonchev–Trinajstić information content (AvgIpc) is 2.11. The highest BCUT2D eigenvalue weighted by atomic mass is 19.1. The van der Waals surface area contributed by atoms with Crippen molar-refractivity contribution in [2.45, 2.75) is 19.4 Å². The van der Waals surface area contributed by atoms with Crippen LogP contribution in [0.1, 0.15) is 11.1 Å². The van der Waals surface area contributed by atoms with E-state index in [1.165, 1.54) is 6.07 Å². The molecule has 0 aliphatic heterocycles. The monoisotopic (exact) mass is 183 g/mol. The van der Waals surface area contributed by atoms with Crippen LogP contribution in [0.2, 0.25) is 0 Å². The number of aliphatic hydroxyl groups excluding tert-OH is 1. The third-order valence-corrected chi connectivity index (χ3v) is 1.97. The lowest BCUT2D eigenvalue weighted by molar-refractivity contribution is 0.265. The zero-order valence-electron chi connectivity index (χ0n) is 7.63. The molecular formula is C10H14FNO. The van der Waals surface area contributed by atoms with Gasteiger partial charge in [0.15, 0.2) is 0 Å². The predicted molar refractivity (Wildman–Crippen MR) is 49.9 cm³/mol. The Hall–Kier alpha value is -0.930. The minimum Gasteiger partial charge on any atom is -0.395 e. The van der Waals surface area contributed by atoms with Gasteiger partial charge in [-0.3, -0.25) is 0 Å². The molecule has 72 valence electrons. The maximum atomic E-state index is 13.0. The lowest BCUT2D eigenvalue weighted by Crippen LogP contribution is -2.26. The quantitative estimate of drug-likeness (QED) is 0.734. The summed E-state index contributed by atoms with van der Waals surface area (Å²) in [7, 11) is 0. The van der Waals surface area contributed by atoms with Gasteiger partial charge in [-0.25, -0.2) is 4.39 Å². The van der Waals surface area contributed by atoms with Gasteiger partial charge in [0.1, 0.15) is 5.82 Å². The largest absolute Gasteiger partial charge is 0.395 e. The molecule has 0 spiro atoms. The highest BCUT2D eigenvalue weighted by molar-refractivity contribution is 5.23. The summed E-state index contributed by atoms with van der Waals surface area (Å²) in [6.07, 6.45) is 0.508. The summed E-state index contributed by atoms with van der Waals surface area (Å²) in [5, 5.41) is 8.70. The number of nitrogens with two attached hydrogens (primary N) is 1. The second-order valence-electron chi connectivity index (χ2n) is 3.23. The first-order valence-electron chi connectivity index (χ1n) is 4.25. The summed E-state index contributed by atoms with van der Waals surface area (Å²) >= 11 is 0. The summed E-state index contributed by atoms with van der Waals surface area (Å²) in [6.45, 7) is 1.64. The van der Waals surface area contributed by atoms with E-state index in [1.807, 2.05) is 6.07 Å². The lowest BCUT2D eigenvalue weighted by Gasteiger charge is -2.08. The molecular weight excluding hydrogens is 169 g/mol. The SMILES string of the molecule is Cc1ccc(CC(N)CO)cc1F. The van der Waals surface area contributed by atoms with Gasteiger partial charge in [-0.05, 0) is 30.5 Å². The molecule has 2 nitrogen and oxygen atoms in total. The summed E-state index contributed by atoms with van der Waals surface area (Å²) in [5.41, 5.74) is 6.97. The van der Waals surface area contributed by atoms with E-state index in [0.717, 1.165) is 5.56 Å². The minimum atomic E-state index is -0.304. The van der Waals surface area contributed by atoms with Crippen LogP contribution in [0, 0.1) is 12.7 Å². The van der Waals surface area contributed by atoms with E-state index >= 15 is 0 Å². The van der Waals surface area contributed by atoms with E-state index < -0.39 is 0 Å². The van der Waals surface area contributed by atoms with Crippen LogP contribution >= 0.6 is 0 Å². The number of hydrogen-bond donors (Lipinski definition) is 2. The van der Waals surface area contributed by atoms with Gasteiger partial charge in [0.25, 0.3) is 0 Å². The Balaban J connectivity index is 2.73. The number of aryl methyl sites for hydroxylation is 1. The van der Waals surface area contributed by atoms with Crippen LogP contribution in [0.15, 0.2) is 18.2 Å². The summed E-state index contributed by atoms with van der Waals surface area (Å²) in [6, 6.07) is 4.70. The van der Waals surface area contributed by atoms with E-state index in [1.54, 1.807) is 13.0 Å². The maximum Gasteiger partial charge on any atom is 0.126 e. The molecule has 3 N–H and O–H groups in total. The fourth-order valence-electron chi connectivity index (χ4n) is 1.13. The van der Waals surface area contributed by atoms with Crippen LogP contribution in [-0.4, -0.2) is 17.8 Å². The zero-order valence-corrected chi connectivity index (χ0v) is 7.63. The molecule has 0 aliphatic rings. The molecule has 1 aromatic rings. The van der Waals surface area contributed by atoms with Crippen LogP contribution in [0.25, 0.3) is 0 Å². The van der Waals surface area contributed by atoms with Crippen LogP contribution in [-0.2, 0) is 6.42 Å². The Labute approximate surface area is 77.2 Å². The van der Waals surface area contributed by atoms with Crippen LogP contribution in [0.3, 0.4) is 0 Å². The molecule has 0 heterocycles. The van der Waals surface area contributed by atoms with E-state index in [2.05, 4.69) is 0 Å². The number of rotatable bonds is 3.